The molecule has 7 N–H and O–H groups in total. The van der Waals surface area contributed by atoms with E-state index in [0.717, 1.165) is 28.0 Å². The van der Waals surface area contributed by atoms with E-state index >= 15 is 0 Å². The SMILES string of the molecule is NCCCS(=O)(=O)CC1=C(C(=O)O)N2C(=O)C(NC(=O)/C(=N\O)c3csc(N)n3)[C@H]2SC1. The molecule has 0 aliphatic carbocycles. The predicted octanol–water partition coefficient (Wildman–Crippen LogP) is -1.59. The Balaban J connectivity index is 1.77. The molecule has 1 aromatic heterocycles. The minimum absolute atomic E-state index is 0.0171. The molecule has 2 atom stereocenters. The van der Waals surface area contributed by atoms with Gasteiger partial charge in [0, 0.05) is 11.1 Å². The van der Waals surface area contributed by atoms with Gasteiger partial charge in [0.15, 0.2) is 20.7 Å². The van der Waals surface area contributed by atoms with Crippen LogP contribution in [0.2, 0.25) is 0 Å². The second kappa shape index (κ2) is 9.43. The summed E-state index contributed by atoms with van der Waals surface area (Å²) in [5.74, 6) is -3.69. The zero-order valence-electron chi connectivity index (χ0n) is 16.4. The third-order valence-electron chi connectivity index (χ3n) is 4.67. The Hall–Kier alpha value is -2.69. The summed E-state index contributed by atoms with van der Waals surface area (Å²) in [6.45, 7) is 0.180. The van der Waals surface area contributed by atoms with E-state index in [-0.39, 0.29) is 40.9 Å². The van der Waals surface area contributed by atoms with E-state index in [1.807, 2.05) is 0 Å². The Kier molecular flexibility index (Phi) is 7.06. The van der Waals surface area contributed by atoms with Crippen molar-refractivity contribution in [2.45, 2.75) is 17.8 Å². The summed E-state index contributed by atoms with van der Waals surface area (Å²) in [6.07, 6.45) is 0.240. The van der Waals surface area contributed by atoms with Gasteiger partial charge in [0.05, 0.1) is 11.5 Å². The van der Waals surface area contributed by atoms with Gasteiger partial charge < -0.3 is 27.1 Å². The highest BCUT2D eigenvalue weighted by Gasteiger charge is 2.54. The van der Waals surface area contributed by atoms with Crippen LogP contribution in [-0.4, -0.2) is 87.3 Å². The summed E-state index contributed by atoms with van der Waals surface area (Å²) in [6, 6.07) is -1.09. The number of anilines is 1. The number of nitrogens with one attached hydrogen (secondary N) is 1. The maximum Gasteiger partial charge on any atom is 0.352 e. The predicted molar refractivity (Wildman–Crippen MR) is 117 cm³/mol. The molecule has 0 radical (unpaired) electrons. The van der Waals surface area contributed by atoms with Crippen LogP contribution in [0.25, 0.3) is 0 Å². The van der Waals surface area contributed by atoms with Crippen molar-refractivity contribution in [3.05, 3.63) is 22.3 Å². The molecule has 3 rings (SSSR count). The molecular weight excluding hydrogens is 484 g/mol. The number of rotatable bonds is 9. The van der Waals surface area contributed by atoms with Crippen molar-refractivity contribution < 1.29 is 33.1 Å². The second-order valence-electron chi connectivity index (χ2n) is 6.87. The van der Waals surface area contributed by atoms with Crippen LogP contribution >= 0.6 is 23.1 Å². The number of thiazole rings is 1. The fourth-order valence-electron chi connectivity index (χ4n) is 3.25. The molecule has 32 heavy (non-hydrogen) atoms. The number of aromatic nitrogens is 1. The lowest BCUT2D eigenvalue weighted by atomic mass is 10.0. The van der Waals surface area contributed by atoms with E-state index in [2.05, 4.69) is 15.5 Å². The number of β-lactam (4-membered cyclic amide) rings is 1. The van der Waals surface area contributed by atoms with E-state index in [9.17, 15) is 33.1 Å². The quantitative estimate of drug-likeness (QED) is 0.112. The fraction of sp³-hybridized carbons (Fsp3) is 0.438. The Morgan fingerprint density at radius 3 is 2.69 bits per heavy atom. The molecule has 13 nitrogen and oxygen atoms in total. The van der Waals surface area contributed by atoms with E-state index < -0.39 is 56.2 Å². The summed E-state index contributed by atoms with van der Waals surface area (Å²) in [5, 5.41) is 24.9. The van der Waals surface area contributed by atoms with Crippen LogP contribution in [0.4, 0.5) is 5.13 Å². The Bertz CT molecular complexity index is 1110. The summed E-state index contributed by atoms with van der Waals surface area (Å²) in [7, 11) is -3.60. The van der Waals surface area contributed by atoms with Crippen molar-refractivity contribution in [3.63, 3.8) is 0 Å². The monoisotopic (exact) mass is 504 g/mol. The molecular formula is C16H20N6O7S3. The zero-order chi connectivity index (χ0) is 23.6. The molecule has 0 bridgehead atoms. The lowest BCUT2D eigenvalue weighted by Gasteiger charge is -2.49. The molecule has 2 aliphatic heterocycles. The number of carbonyl (C=O) groups excluding carboxylic acids is 2. The molecule has 0 spiro atoms. The van der Waals surface area contributed by atoms with Crippen molar-refractivity contribution in [1.82, 2.24) is 15.2 Å². The average molecular weight is 505 g/mol. The molecule has 16 heteroatoms. The summed E-state index contributed by atoms with van der Waals surface area (Å²) < 4.78 is 24.5. The van der Waals surface area contributed by atoms with Gasteiger partial charge in [0.1, 0.15) is 22.8 Å². The Labute approximate surface area is 190 Å². The molecule has 0 aromatic carbocycles. The number of carboxylic acids is 1. The number of fused-ring (bicyclic) bond motifs is 1. The van der Waals surface area contributed by atoms with E-state index in [4.69, 9.17) is 11.5 Å². The lowest BCUT2D eigenvalue weighted by Crippen LogP contribution is -2.71. The van der Waals surface area contributed by atoms with Gasteiger partial charge in [-0.05, 0) is 18.5 Å². The van der Waals surface area contributed by atoms with Crippen molar-refractivity contribution in [1.29, 1.82) is 0 Å². The maximum absolute atomic E-state index is 12.7. The van der Waals surface area contributed by atoms with Crippen molar-refractivity contribution in [3.8, 4) is 0 Å². The number of aliphatic carboxylic acids is 1. The molecule has 2 aliphatic rings. The van der Waals surface area contributed by atoms with E-state index in [0.29, 0.717) is 0 Å². The van der Waals surface area contributed by atoms with Crippen LogP contribution in [0.5, 0.6) is 0 Å². The number of oxime groups is 1. The molecule has 1 unspecified atom stereocenters. The molecule has 1 saturated heterocycles. The van der Waals surface area contributed by atoms with Gasteiger partial charge in [-0.1, -0.05) is 5.16 Å². The maximum atomic E-state index is 12.7. The fourth-order valence-corrected chi connectivity index (χ4v) is 6.80. The third-order valence-corrected chi connectivity index (χ3v) is 8.38. The topological polar surface area (TPSA) is 218 Å². The van der Waals surface area contributed by atoms with Gasteiger partial charge >= 0.3 is 5.97 Å². The highest BCUT2D eigenvalue weighted by atomic mass is 32.2. The number of nitrogen functional groups attached to an aromatic ring is 1. The van der Waals surface area contributed by atoms with E-state index in [1.54, 1.807) is 0 Å². The van der Waals surface area contributed by atoms with Crippen molar-refractivity contribution >= 4 is 61.6 Å². The number of amides is 2. The van der Waals surface area contributed by atoms with Gasteiger partial charge in [-0.25, -0.2) is 18.2 Å². The van der Waals surface area contributed by atoms with Gasteiger partial charge in [0.25, 0.3) is 11.8 Å². The normalized spacial score (nSPS) is 21.2. The number of nitrogens with two attached hydrogens (primary N) is 2. The lowest BCUT2D eigenvalue weighted by molar-refractivity contribution is -0.150. The number of hydrogen-bond acceptors (Lipinski definition) is 12. The first-order valence-electron chi connectivity index (χ1n) is 9.14. The smallest absolute Gasteiger partial charge is 0.352 e. The Morgan fingerprint density at radius 1 is 1.41 bits per heavy atom. The first-order chi connectivity index (χ1) is 15.1. The second-order valence-corrected chi connectivity index (χ2v) is 11.1. The van der Waals surface area contributed by atoms with Gasteiger partial charge in [-0.15, -0.1) is 23.1 Å². The zero-order valence-corrected chi connectivity index (χ0v) is 18.9. The summed E-state index contributed by atoms with van der Waals surface area (Å²) in [5.41, 5.74) is 10.1. The highest BCUT2D eigenvalue weighted by molar-refractivity contribution is 8.00. The van der Waals surface area contributed by atoms with Crippen LogP contribution in [0.3, 0.4) is 0 Å². The summed E-state index contributed by atoms with van der Waals surface area (Å²) in [4.78, 5) is 41.8. The molecule has 2 amide bonds. The number of hydrogen-bond donors (Lipinski definition) is 5. The van der Waals surface area contributed by atoms with Crippen molar-refractivity contribution in [2.24, 2.45) is 10.9 Å². The average Bonchev–Trinajstić information content (AvgIpc) is 3.16. The molecule has 0 saturated carbocycles. The number of carboxylic acid groups (broad SMARTS) is 1. The van der Waals surface area contributed by atoms with Gasteiger partial charge in [-0.3, -0.25) is 14.5 Å². The van der Waals surface area contributed by atoms with Crippen LogP contribution in [0, 0.1) is 0 Å². The van der Waals surface area contributed by atoms with E-state index in [1.165, 1.54) is 5.38 Å². The highest BCUT2D eigenvalue weighted by Crippen LogP contribution is 2.40. The minimum atomic E-state index is -3.60. The number of thioether (sulfide) groups is 1. The molecule has 1 aromatic rings. The van der Waals surface area contributed by atoms with Gasteiger partial charge in [-0.2, -0.15) is 0 Å². The standard InChI is InChI=1S/C16H20N6O7S3/c17-2-1-3-32(28,29)6-7-4-30-14-10(13(24)22(14)11(7)15(25)26)20-12(23)9(21-27)8-5-31-16(18)19-8/h5,10,14,27H,1-4,6,17H2,(H2,18,19)(H,20,23)(H,25,26)/b21-9-/t10?,14-/m1/s1. The van der Waals surface area contributed by atoms with Crippen LogP contribution in [0.15, 0.2) is 21.8 Å². The third kappa shape index (κ3) is 4.72. The van der Waals surface area contributed by atoms with Crippen LogP contribution in [0.1, 0.15) is 12.1 Å². The summed E-state index contributed by atoms with van der Waals surface area (Å²) >= 11 is 2.15. The molecule has 1 fully saturated rings. The minimum Gasteiger partial charge on any atom is -0.477 e. The van der Waals surface area contributed by atoms with Crippen LogP contribution in [-0.2, 0) is 24.2 Å². The molecule has 174 valence electrons. The van der Waals surface area contributed by atoms with Crippen LogP contribution < -0.4 is 16.8 Å². The first kappa shape index (κ1) is 24.0. The Morgan fingerprint density at radius 2 is 2.12 bits per heavy atom. The first-order valence-corrected chi connectivity index (χ1v) is 12.9. The molecule has 3 heterocycles. The van der Waals surface area contributed by atoms with Crippen molar-refractivity contribution in [2.75, 3.05) is 29.5 Å². The number of carbonyl (C=O) groups is 3. The largest absolute Gasteiger partial charge is 0.477 e. The van der Waals surface area contributed by atoms with Gasteiger partial charge in [0.2, 0.25) is 0 Å². The number of nitrogens with zero attached hydrogens (tertiary/aromatic N) is 3. The number of sulfone groups is 1.